The number of aryl methyl sites for hydroxylation is 1. The molecule has 16 heavy (non-hydrogen) atoms. The van der Waals surface area contributed by atoms with Crippen LogP contribution in [0.1, 0.15) is 18.2 Å². The van der Waals surface area contributed by atoms with Crippen LogP contribution < -0.4 is 0 Å². The molecule has 2 rings (SSSR count). The highest BCUT2D eigenvalue weighted by atomic mass is 127. The van der Waals surface area contributed by atoms with E-state index in [1.165, 1.54) is 12.1 Å². The maximum Gasteiger partial charge on any atom is 0.125 e. The number of rotatable bonds is 1. The van der Waals surface area contributed by atoms with Crippen LogP contribution >= 0.6 is 34.2 Å². The van der Waals surface area contributed by atoms with Crippen molar-refractivity contribution in [3.8, 4) is 0 Å². The second kappa shape index (κ2) is 4.45. The van der Waals surface area contributed by atoms with Crippen LogP contribution in [0.2, 0.25) is 5.02 Å². The first-order valence-corrected chi connectivity index (χ1v) is 6.44. The van der Waals surface area contributed by atoms with Gasteiger partial charge in [0, 0.05) is 14.7 Å². The highest BCUT2D eigenvalue weighted by molar-refractivity contribution is 14.1. The smallest absolute Gasteiger partial charge is 0.125 e. The molecule has 1 aromatic heterocycles. The van der Waals surface area contributed by atoms with Crippen LogP contribution in [0.25, 0.3) is 10.9 Å². The molecule has 0 aliphatic carbocycles. The maximum absolute atomic E-state index is 13.3. The van der Waals surface area contributed by atoms with Gasteiger partial charge < -0.3 is 0 Å². The lowest BCUT2D eigenvalue weighted by molar-refractivity contribution is 0.628. The number of hydrogen-bond acceptors (Lipinski definition) is 1. The molecule has 0 spiro atoms. The van der Waals surface area contributed by atoms with Crippen molar-refractivity contribution in [3.05, 3.63) is 37.8 Å². The number of hydrogen-bond donors (Lipinski definition) is 0. The molecule has 0 atom stereocenters. The molecule has 1 nitrogen and oxygen atoms in total. The summed E-state index contributed by atoms with van der Waals surface area (Å²) < 4.78 is 14.1. The zero-order valence-corrected chi connectivity index (χ0v) is 11.9. The number of benzene rings is 1. The van der Waals surface area contributed by atoms with E-state index in [-0.39, 0.29) is 5.82 Å². The molecule has 1 aromatic carbocycles. The molecule has 0 fully saturated rings. The van der Waals surface area contributed by atoms with Crippen LogP contribution in [-0.2, 0) is 6.42 Å². The average molecular weight is 350 g/mol. The molecule has 2 aromatic rings. The van der Waals surface area contributed by atoms with Gasteiger partial charge in [0.2, 0.25) is 0 Å². The largest absolute Gasteiger partial charge is 0.252 e. The predicted octanol–water partition coefficient (Wildman–Crippen LogP) is 4.50. The summed E-state index contributed by atoms with van der Waals surface area (Å²) in [6.07, 6.45) is 0.806. The second-order valence-electron chi connectivity index (χ2n) is 3.63. The van der Waals surface area contributed by atoms with Crippen LogP contribution in [0.3, 0.4) is 0 Å². The number of nitrogens with zero attached hydrogens (tertiary/aromatic N) is 1. The van der Waals surface area contributed by atoms with Gasteiger partial charge in [0.05, 0.1) is 10.5 Å². The summed E-state index contributed by atoms with van der Waals surface area (Å²) in [6, 6.07) is 2.92. The van der Waals surface area contributed by atoms with E-state index >= 15 is 0 Å². The zero-order valence-electron chi connectivity index (χ0n) is 8.94. The molecule has 1 heterocycles. The van der Waals surface area contributed by atoms with Crippen molar-refractivity contribution in [2.24, 2.45) is 0 Å². The number of fused-ring (bicyclic) bond motifs is 1. The van der Waals surface area contributed by atoms with Crippen LogP contribution in [0.4, 0.5) is 4.39 Å². The van der Waals surface area contributed by atoms with Gasteiger partial charge in [0.1, 0.15) is 5.82 Å². The van der Waals surface area contributed by atoms with E-state index in [0.29, 0.717) is 10.4 Å². The van der Waals surface area contributed by atoms with Gasteiger partial charge in [-0.05, 0) is 53.6 Å². The predicted molar refractivity (Wildman–Crippen MR) is 73.5 cm³/mol. The van der Waals surface area contributed by atoms with Crippen molar-refractivity contribution in [1.82, 2.24) is 4.98 Å². The summed E-state index contributed by atoms with van der Waals surface area (Å²) in [5.41, 5.74) is 2.70. The Morgan fingerprint density at radius 1 is 1.44 bits per heavy atom. The monoisotopic (exact) mass is 349 g/mol. The molecule has 0 amide bonds. The Kier molecular flexibility index (Phi) is 3.35. The van der Waals surface area contributed by atoms with Gasteiger partial charge >= 0.3 is 0 Å². The number of aromatic nitrogens is 1. The molecule has 0 saturated heterocycles. The van der Waals surface area contributed by atoms with Crippen LogP contribution in [0.15, 0.2) is 12.1 Å². The molecule has 0 radical (unpaired) electrons. The van der Waals surface area contributed by atoms with Crippen molar-refractivity contribution in [3.63, 3.8) is 0 Å². The Labute approximate surface area is 112 Å². The third kappa shape index (κ3) is 1.91. The van der Waals surface area contributed by atoms with Crippen LogP contribution in [-0.4, -0.2) is 4.98 Å². The minimum absolute atomic E-state index is 0.272. The van der Waals surface area contributed by atoms with E-state index in [1.54, 1.807) is 0 Å². The van der Waals surface area contributed by atoms with E-state index < -0.39 is 0 Å². The highest BCUT2D eigenvalue weighted by Crippen LogP contribution is 2.31. The number of pyridine rings is 1. The summed E-state index contributed by atoms with van der Waals surface area (Å²) in [5, 5.41) is 1.33. The molecule has 0 N–H and O–H groups in total. The van der Waals surface area contributed by atoms with Crippen LogP contribution in [0.5, 0.6) is 0 Å². The lowest BCUT2D eigenvalue weighted by Gasteiger charge is -2.10. The van der Waals surface area contributed by atoms with Crippen molar-refractivity contribution in [2.75, 3.05) is 0 Å². The minimum Gasteiger partial charge on any atom is -0.252 e. The molecule has 0 aliphatic heterocycles. The Morgan fingerprint density at radius 2 is 2.12 bits per heavy atom. The van der Waals surface area contributed by atoms with Gasteiger partial charge in [0.15, 0.2) is 0 Å². The normalized spacial score (nSPS) is 11.1. The van der Waals surface area contributed by atoms with E-state index in [4.69, 9.17) is 11.6 Å². The second-order valence-corrected chi connectivity index (χ2v) is 5.17. The highest BCUT2D eigenvalue weighted by Gasteiger charge is 2.12. The van der Waals surface area contributed by atoms with Gasteiger partial charge in [-0.3, -0.25) is 4.98 Å². The van der Waals surface area contributed by atoms with E-state index in [2.05, 4.69) is 27.6 Å². The Bertz CT molecular complexity index is 569. The third-order valence-corrected chi connectivity index (χ3v) is 3.85. The first-order chi connectivity index (χ1) is 7.54. The molecule has 0 aliphatic rings. The Balaban J connectivity index is 2.93. The van der Waals surface area contributed by atoms with Gasteiger partial charge in [0.25, 0.3) is 0 Å². The lowest BCUT2D eigenvalue weighted by atomic mass is 10.1. The number of halogens is 3. The Morgan fingerprint density at radius 3 is 2.75 bits per heavy atom. The average Bonchev–Trinajstić information content (AvgIpc) is 2.21. The van der Waals surface area contributed by atoms with Gasteiger partial charge in [-0.2, -0.15) is 0 Å². The first-order valence-electron chi connectivity index (χ1n) is 4.98. The topological polar surface area (TPSA) is 12.9 Å². The zero-order chi connectivity index (χ0) is 11.9. The Hall–Kier alpha value is -0.420. The summed E-state index contributed by atoms with van der Waals surface area (Å²) in [7, 11) is 0. The van der Waals surface area contributed by atoms with Crippen LogP contribution in [0, 0.1) is 16.3 Å². The third-order valence-electron chi connectivity index (χ3n) is 2.60. The van der Waals surface area contributed by atoms with E-state index in [9.17, 15) is 4.39 Å². The minimum atomic E-state index is -0.272. The fourth-order valence-corrected chi connectivity index (χ4v) is 2.94. The van der Waals surface area contributed by atoms with Crippen molar-refractivity contribution >= 4 is 45.1 Å². The summed E-state index contributed by atoms with van der Waals surface area (Å²) in [4.78, 5) is 4.49. The summed E-state index contributed by atoms with van der Waals surface area (Å²) in [5.74, 6) is -0.272. The SMILES string of the molecule is CCc1c(C)nc2c(I)cc(F)cc2c1Cl. The quantitative estimate of drug-likeness (QED) is 0.691. The molecule has 0 bridgehead atoms. The summed E-state index contributed by atoms with van der Waals surface area (Å²) >= 11 is 8.36. The fourth-order valence-electron chi connectivity index (χ4n) is 1.81. The molecule has 0 saturated carbocycles. The molecule has 84 valence electrons. The van der Waals surface area contributed by atoms with Crippen molar-refractivity contribution in [1.29, 1.82) is 0 Å². The first kappa shape index (κ1) is 12.0. The van der Waals surface area contributed by atoms with E-state index in [1.807, 2.05) is 13.8 Å². The van der Waals surface area contributed by atoms with Crippen molar-refractivity contribution in [2.45, 2.75) is 20.3 Å². The molecule has 4 heteroatoms. The lowest BCUT2D eigenvalue weighted by Crippen LogP contribution is -1.96. The maximum atomic E-state index is 13.3. The molecular formula is C12H10ClFIN. The van der Waals surface area contributed by atoms with Gasteiger partial charge in [-0.25, -0.2) is 4.39 Å². The summed E-state index contributed by atoms with van der Waals surface area (Å²) in [6.45, 7) is 3.95. The van der Waals surface area contributed by atoms with E-state index in [0.717, 1.165) is 26.8 Å². The van der Waals surface area contributed by atoms with Gasteiger partial charge in [-0.15, -0.1) is 0 Å². The molecular weight excluding hydrogens is 339 g/mol. The molecule has 0 unspecified atom stereocenters. The van der Waals surface area contributed by atoms with Gasteiger partial charge in [-0.1, -0.05) is 18.5 Å². The van der Waals surface area contributed by atoms with Crippen molar-refractivity contribution < 1.29 is 4.39 Å². The fraction of sp³-hybridized carbons (Fsp3) is 0.250. The standard InChI is InChI=1S/C12H10ClFIN/c1-3-8-6(2)16-12-9(11(8)13)4-7(14)5-10(12)15/h4-5H,3H2,1-2H3.